The molecule has 29 heavy (non-hydrogen) atoms. The summed E-state index contributed by atoms with van der Waals surface area (Å²) in [4.78, 5) is 11.0. The number of alkyl halides is 3. The molecule has 0 spiro atoms. The van der Waals surface area contributed by atoms with Crippen LogP contribution in [0.4, 0.5) is 13.2 Å². The molecule has 0 bridgehead atoms. The van der Waals surface area contributed by atoms with E-state index in [2.05, 4.69) is 0 Å². The highest BCUT2D eigenvalue weighted by Crippen LogP contribution is 2.36. The lowest BCUT2D eigenvalue weighted by molar-refractivity contribution is -0.160. The van der Waals surface area contributed by atoms with Gasteiger partial charge in [0, 0.05) is 12.6 Å². The van der Waals surface area contributed by atoms with Gasteiger partial charge in [-0.05, 0) is 45.7 Å². The topological polar surface area (TPSA) is 72.9 Å². The van der Waals surface area contributed by atoms with Crippen LogP contribution in [0.2, 0.25) is 0 Å². The Morgan fingerprint density at radius 1 is 1.17 bits per heavy atom. The number of carbonyl (C=O) groups is 1. The number of benzene rings is 1. The molecule has 1 aromatic rings. The Balaban J connectivity index is 2.16. The summed E-state index contributed by atoms with van der Waals surface area (Å²) in [6, 6.07) is 3.48. The lowest BCUT2D eigenvalue weighted by Crippen LogP contribution is -2.46. The van der Waals surface area contributed by atoms with E-state index in [0.717, 1.165) is 22.5 Å². The van der Waals surface area contributed by atoms with Gasteiger partial charge in [0.15, 0.2) is 0 Å². The van der Waals surface area contributed by atoms with Gasteiger partial charge in [-0.1, -0.05) is 18.6 Å². The maximum atomic E-state index is 13.3. The van der Waals surface area contributed by atoms with Crippen molar-refractivity contribution in [3.63, 3.8) is 0 Å². The molecule has 10 heteroatoms. The van der Waals surface area contributed by atoms with Gasteiger partial charge in [0.2, 0.25) is 10.0 Å². The highest BCUT2D eigenvalue weighted by Gasteiger charge is 2.41. The van der Waals surface area contributed by atoms with Crippen molar-refractivity contribution in [2.45, 2.75) is 62.7 Å². The Morgan fingerprint density at radius 3 is 2.45 bits per heavy atom. The van der Waals surface area contributed by atoms with E-state index in [9.17, 15) is 26.4 Å². The number of carbonyl (C=O) groups excluding carboxylic acids is 1. The minimum atomic E-state index is -4.79. The van der Waals surface area contributed by atoms with Crippen molar-refractivity contribution in [3.8, 4) is 0 Å². The molecule has 1 heterocycles. The molecule has 0 saturated carbocycles. The maximum absolute atomic E-state index is 13.3. The third-order valence-electron chi connectivity index (χ3n) is 4.30. The molecule has 1 aliphatic heterocycles. The van der Waals surface area contributed by atoms with Crippen molar-refractivity contribution in [1.29, 1.82) is 0 Å². The minimum Gasteiger partial charge on any atom is -0.458 e. The Bertz CT molecular complexity index is 818. The van der Waals surface area contributed by atoms with Crippen LogP contribution in [-0.2, 0) is 30.5 Å². The van der Waals surface area contributed by atoms with Crippen LogP contribution in [0.5, 0.6) is 0 Å². The lowest BCUT2D eigenvalue weighted by Gasteiger charge is -2.35. The molecule has 1 aromatic carbocycles. The SMILES string of the molecule is CC(C)(C)OC(=O)COCC1CCCCN1S(=O)(=O)c1ccccc1C(F)(F)F. The third kappa shape index (κ3) is 6.42. The van der Waals surface area contributed by atoms with E-state index in [0.29, 0.717) is 19.3 Å². The number of hydrogen-bond acceptors (Lipinski definition) is 5. The van der Waals surface area contributed by atoms with Crippen molar-refractivity contribution >= 4 is 16.0 Å². The maximum Gasteiger partial charge on any atom is 0.417 e. The monoisotopic (exact) mass is 437 g/mol. The summed E-state index contributed by atoms with van der Waals surface area (Å²) >= 11 is 0. The van der Waals surface area contributed by atoms with Crippen LogP contribution in [0.1, 0.15) is 45.6 Å². The predicted molar refractivity (Wildman–Crippen MR) is 99.6 cm³/mol. The van der Waals surface area contributed by atoms with E-state index >= 15 is 0 Å². The summed E-state index contributed by atoms with van der Waals surface area (Å²) in [5, 5.41) is 0. The Kier molecular flexibility index (Phi) is 7.34. The van der Waals surface area contributed by atoms with Crippen LogP contribution in [0.25, 0.3) is 0 Å². The van der Waals surface area contributed by atoms with Crippen molar-refractivity contribution in [2.24, 2.45) is 0 Å². The normalized spacial score (nSPS) is 19.2. The zero-order chi connectivity index (χ0) is 21.9. The molecular formula is C19H26F3NO5S. The summed E-state index contributed by atoms with van der Waals surface area (Å²) in [6.45, 7) is 4.75. The van der Waals surface area contributed by atoms with Gasteiger partial charge in [0.25, 0.3) is 0 Å². The second-order valence-corrected chi connectivity index (χ2v) is 9.72. The highest BCUT2D eigenvalue weighted by molar-refractivity contribution is 7.89. The first-order chi connectivity index (χ1) is 13.3. The molecule has 1 unspecified atom stereocenters. The smallest absolute Gasteiger partial charge is 0.417 e. The summed E-state index contributed by atoms with van der Waals surface area (Å²) in [6.07, 6.45) is -3.10. The van der Waals surface area contributed by atoms with E-state index in [4.69, 9.17) is 9.47 Å². The van der Waals surface area contributed by atoms with Crippen molar-refractivity contribution < 1.29 is 35.9 Å². The summed E-state index contributed by atoms with van der Waals surface area (Å²) in [5.74, 6) is -0.592. The van der Waals surface area contributed by atoms with Gasteiger partial charge in [-0.3, -0.25) is 0 Å². The van der Waals surface area contributed by atoms with Gasteiger partial charge >= 0.3 is 12.1 Å². The number of hydrogen-bond donors (Lipinski definition) is 0. The highest BCUT2D eigenvalue weighted by atomic mass is 32.2. The molecule has 0 amide bonds. The molecule has 0 aromatic heterocycles. The largest absolute Gasteiger partial charge is 0.458 e. The molecule has 2 rings (SSSR count). The van der Waals surface area contributed by atoms with E-state index in [1.165, 1.54) is 6.07 Å². The first-order valence-electron chi connectivity index (χ1n) is 9.30. The van der Waals surface area contributed by atoms with Crippen LogP contribution < -0.4 is 0 Å². The molecule has 1 aliphatic rings. The molecule has 6 nitrogen and oxygen atoms in total. The number of piperidine rings is 1. The fourth-order valence-electron chi connectivity index (χ4n) is 3.16. The second-order valence-electron chi connectivity index (χ2n) is 7.86. The quantitative estimate of drug-likeness (QED) is 0.636. The lowest BCUT2D eigenvalue weighted by atomic mass is 10.1. The standard InChI is InChI=1S/C19H26F3NO5S/c1-18(2,3)28-17(24)13-27-12-14-8-6-7-11-23(14)29(25,26)16-10-5-4-9-15(16)19(20,21)22/h4-5,9-10,14H,6-8,11-13H2,1-3H3. The molecule has 1 atom stereocenters. The molecule has 0 aliphatic carbocycles. The average Bonchev–Trinajstić information content (AvgIpc) is 2.60. The van der Waals surface area contributed by atoms with E-state index in [1.54, 1.807) is 20.8 Å². The van der Waals surface area contributed by atoms with Crippen molar-refractivity contribution in [2.75, 3.05) is 19.8 Å². The molecule has 1 saturated heterocycles. The van der Waals surface area contributed by atoms with Gasteiger partial charge in [-0.15, -0.1) is 0 Å². The van der Waals surface area contributed by atoms with E-state index in [1.807, 2.05) is 0 Å². The predicted octanol–water partition coefficient (Wildman–Crippen LogP) is 3.61. The van der Waals surface area contributed by atoms with Crippen LogP contribution in [0.3, 0.4) is 0 Å². The molecular weight excluding hydrogens is 411 g/mol. The van der Waals surface area contributed by atoms with Gasteiger partial charge < -0.3 is 9.47 Å². The molecule has 0 radical (unpaired) electrons. The number of halogens is 3. The first kappa shape index (κ1) is 23.6. The number of rotatable bonds is 6. The summed E-state index contributed by atoms with van der Waals surface area (Å²) in [7, 11) is -4.39. The van der Waals surface area contributed by atoms with E-state index in [-0.39, 0.29) is 19.8 Å². The summed E-state index contributed by atoms with van der Waals surface area (Å²) in [5.41, 5.74) is -1.87. The second kappa shape index (κ2) is 9.01. The van der Waals surface area contributed by atoms with E-state index < -0.39 is 44.3 Å². The zero-order valence-electron chi connectivity index (χ0n) is 16.7. The van der Waals surface area contributed by atoms with Crippen LogP contribution in [0.15, 0.2) is 29.2 Å². The molecule has 164 valence electrons. The van der Waals surface area contributed by atoms with Gasteiger partial charge in [0.1, 0.15) is 12.2 Å². The number of ether oxygens (including phenoxy) is 2. The molecule has 1 fully saturated rings. The summed E-state index contributed by atoms with van der Waals surface area (Å²) < 4.78 is 77.5. The first-order valence-corrected chi connectivity index (χ1v) is 10.7. The van der Waals surface area contributed by atoms with Crippen LogP contribution in [0, 0.1) is 0 Å². The van der Waals surface area contributed by atoms with Crippen LogP contribution >= 0.6 is 0 Å². The Hall–Kier alpha value is -1.65. The fraction of sp³-hybridized carbons (Fsp3) is 0.632. The fourth-order valence-corrected chi connectivity index (χ4v) is 5.05. The number of sulfonamides is 1. The third-order valence-corrected chi connectivity index (χ3v) is 6.31. The van der Waals surface area contributed by atoms with Crippen molar-refractivity contribution in [1.82, 2.24) is 4.31 Å². The van der Waals surface area contributed by atoms with Crippen molar-refractivity contribution in [3.05, 3.63) is 29.8 Å². The Labute approximate surface area is 169 Å². The minimum absolute atomic E-state index is 0.0923. The zero-order valence-corrected chi connectivity index (χ0v) is 17.5. The van der Waals surface area contributed by atoms with Crippen LogP contribution in [-0.4, -0.2) is 50.1 Å². The number of esters is 1. The van der Waals surface area contributed by atoms with Gasteiger partial charge in [-0.2, -0.15) is 17.5 Å². The van der Waals surface area contributed by atoms with Gasteiger partial charge in [-0.25, -0.2) is 13.2 Å². The average molecular weight is 437 g/mol. The number of nitrogens with zero attached hydrogens (tertiary/aromatic N) is 1. The Morgan fingerprint density at radius 2 is 1.83 bits per heavy atom. The molecule has 0 N–H and O–H groups in total. The van der Waals surface area contributed by atoms with Gasteiger partial charge in [0.05, 0.1) is 17.1 Å².